The molecule has 1 saturated heterocycles. The number of nitrogens with zero attached hydrogens (tertiary/aromatic N) is 1. The van der Waals surface area contributed by atoms with Gasteiger partial charge in [0.2, 0.25) is 0 Å². The van der Waals surface area contributed by atoms with Crippen LogP contribution in [0.2, 0.25) is 0 Å². The number of benzene rings is 1. The number of aliphatic hydroxyl groups excluding tert-OH is 1. The fraction of sp³-hybridized carbons (Fsp3) is 0.684. The van der Waals surface area contributed by atoms with Gasteiger partial charge in [-0.25, -0.2) is 0 Å². The molecule has 2 rings (SSSR count). The Labute approximate surface area is 130 Å². The highest BCUT2D eigenvalue weighted by Crippen LogP contribution is 2.29. The van der Waals surface area contributed by atoms with Crippen LogP contribution in [-0.4, -0.2) is 29.1 Å². The summed E-state index contributed by atoms with van der Waals surface area (Å²) in [4.78, 5) is 2.58. The lowest BCUT2D eigenvalue weighted by Crippen LogP contribution is -2.31. The van der Waals surface area contributed by atoms with Crippen molar-refractivity contribution < 1.29 is 5.11 Å². The van der Waals surface area contributed by atoms with Gasteiger partial charge in [-0.05, 0) is 55.8 Å². The molecular weight excluding hydrogens is 258 g/mol. The average molecular weight is 289 g/mol. The van der Waals surface area contributed by atoms with Gasteiger partial charge < -0.3 is 10.0 Å². The number of rotatable bonds is 7. The molecule has 0 amide bonds. The van der Waals surface area contributed by atoms with Gasteiger partial charge in [0.05, 0.1) is 6.10 Å². The summed E-state index contributed by atoms with van der Waals surface area (Å²) >= 11 is 0. The summed E-state index contributed by atoms with van der Waals surface area (Å²) in [6.45, 7) is 9.06. The summed E-state index contributed by atoms with van der Waals surface area (Å²) in [5, 5.41) is 10.6. The van der Waals surface area contributed by atoms with Crippen LogP contribution in [0.25, 0.3) is 0 Å². The standard InChI is InChI=1S/C19H31NO/c1-4-5-11-20-12-7-10-18(20)14-19(21)17-9-6-8-16(13-17)15(2)3/h6,8-9,13,15,18-19,21H,4-5,7,10-12,14H2,1-3H3. The van der Waals surface area contributed by atoms with Crippen molar-refractivity contribution in [3.63, 3.8) is 0 Å². The first-order valence-electron chi connectivity index (χ1n) is 8.63. The van der Waals surface area contributed by atoms with Crippen LogP contribution in [-0.2, 0) is 0 Å². The van der Waals surface area contributed by atoms with Crippen molar-refractivity contribution in [3.05, 3.63) is 35.4 Å². The number of likely N-dealkylation sites (tertiary alicyclic amines) is 1. The number of hydrogen-bond acceptors (Lipinski definition) is 2. The molecule has 1 fully saturated rings. The molecule has 2 atom stereocenters. The lowest BCUT2D eigenvalue weighted by molar-refractivity contribution is 0.120. The summed E-state index contributed by atoms with van der Waals surface area (Å²) in [5.41, 5.74) is 2.41. The molecule has 1 aromatic carbocycles. The van der Waals surface area contributed by atoms with Gasteiger partial charge in [0, 0.05) is 6.04 Å². The van der Waals surface area contributed by atoms with E-state index in [0.717, 1.165) is 12.0 Å². The van der Waals surface area contributed by atoms with E-state index in [1.165, 1.54) is 44.3 Å². The van der Waals surface area contributed by atoms with Gasteiger partial charge in [-0.3, -0.25) is 0 Å². The predicted octanol–water partition coefficient (Wildman–Crippen LogP) is 4.50. The van der Waals surface area contributed by atoms with Crippen LogP contribution in [0.5, 0.6) is 0 Å². The molecular formula is C19H31NO. The molecule has 1 N–H and O–H groups in total. The molecule has 0 bridgehead atoms. The highest BCUT2D eigenvalue weighted by Gasteiger charge is 2.26. The first kappa shape index (κ1) is 16.5. The highest BCUT2D eigenvalue weighted by atomic mass is 16.3. The smallest absolute Gasteiger partial charge is 0.0805 e. The van der Waals surface area contributed by atoms with E-state index in [1.807, 2.05) is 0 Å². The van der Waals surface area contributed by atoms with Gasteiger partial charge in [0.1, 0.15) is 0 Å². The molecule has 118 valence electrons. The summed E-state index contributed by atoms with van der Waals surface area (Å²) < 4.78 is 0. The van der Waals surface area contributed by atoms with E-state index in [1.54, 1.807) is 0 Å². The van der Waals surface area contributed by atoms with Gasteiger partial charge in [-0.2, -0.15) is 0 Å². The Morgan fingerprint density at radius 2 is 2.05 bits per heavy atom. The third kappa shape index (κ3) is 4.55. The number of unbranched alkanes of at least 4 members (excludes halogenated alkanes) is 1. The molecule has 21 heavy (non-hydrogen) atoms. The largest absolute Gasteiger partial charge is 0.388 e. The molecule has 2 unspecified atom stereocenters. The van der Waals surface area contributed by atoms with E-state index in [4.69, 9.17) is 0 Å². The van der Waals surface area contributed by atoms with E-state index in [2.05, 4.69) is 49.9 Å². The molecule has 0 spiro atoms. The molecule has 1 heterocycles. The maximum Gasteiger partial charge on any atom is 0.0805 e. The van der Waals surface area contributed by atoms with E-state index in [9.17, 15) is 5.11 Å². The molecule has 0 aromatic heterocycles. The Kier molecular flexibility index (Phi) is 6.25. The minimum Gasteiger partial charge on any atom is -0.388 e. The van der Waals surface area contributed by atoms with Crippen molar-refractivity contribution in [1.82, 2.24) is 4.90 Å². The van der Waals surface area contributed by atoms with E-state index < -0.39 is 0 Å². The van der Waals surface area contributed by atoms with E-state index in [0.29, 0.717) is 12.0 Å². The topological polar surface area (TPSA) is 23.5 Å². The Balaban J connectivity index is 1.97. The molecule has 1 aliphatic rings. The Bertz CT molecular complexity index is 429. The van der Waals surface area contributed by atoms with Gasteiger partial charge >= 0.3 is 0 Å². The van der Waals surface area contributed by atoms with Crippen LogP contribution in [0.1, 0.15) is 76.0 Å². The quantitative estimate of drug-likeness (QED) is 0.799. The summed E-state index contributed by atoms with van der Waals surface area (Å²) in [5.74, 6) is 0.518. The Morgan fingerprint density at radius 1 is 1.29 bits per heavy atom. The monoisotopic (exact) mass is 289 g/mol. The number of aliphatic hydroxyl groups is 1. The first-order valence-corrected chi connectivity index (χ1v) is 8.63. The van der Waals surface area contributed by atoms with Crippen molar-refractivity contribution in [3.8, 4) is 0 Å². The zero-order valence-electron chi connectivity index (χ0n) is 13.9. The third-order valence-electron chi connectivity index (χ3n) is 4.76. The summed E-state index contributed by atoms with van der Waals surface area (Å²) in [6.07, 6.45) is 5.61. The molecule has 2 heteroatoms. The van der Waals surface area contributed by atoms with Crippen molar-refractivity contribution in [2.24, 2.45) is 0 Å². The fourth-order valence-corrected chi connectivity index (χ4v) is 3.34. The van der Waals surface area contributed by atoms with Gasteiger partial charge in [0.15, 0.2) is 0 Å². The van der Waals surface area contributed by atoms with Crippen LogP contribution in [0.15, 0.2) is 24.3 Å². The van der Waals surface area contributed by atoms with Gasteiger partial charge in [-0.1, -0.05) is 51.5 Å². The summed E-state index contributed by atoms with van der Waals surface area (Å²) in [7, 11) is 0. The van der Waals surface area contributed by atoms with Crippen LogP contribution in [0.4, 0.5) is 0 Å². The SMILES string of the molecule is CCCCN1CCCC1CC(O)c1cccc(C(C)C)c1. The molecule has 1 aromatic rings. The molecule has 1 aliphatic heterocycles. The Hall–Kier alpha value is -0.860. The average Bonchev–Trinajstić information content (AvgIpc) is 2.92. The maximum absolute atomic E-state index is 10.6. The third-order valence-corrected chi connectivity index (χ3v) is 4.76. The van der Waals surface area contributed by atoms with Crippen molar-refractivity contribution >= 4 is 0 Å². The van der Waals surface area contributed by atoms with Gasteiger partial charge in [-0.15, -0.1) is 0 Å². The van der Waals surface area contributed by atoms with Crippen molar-refractivity contribution in [1.29, 1.82) is 0 Å². The summed E-state index contributed by atoms with van der Waals surface area (Å²) in [6, 6.07) is 9.05. The lowest BCUT2D eigenvalue weighted by Gasteiger charge is -2.26. The molecule has 0 radical (unpaired) electrons. The molecule has 2 nitrogen and oxygen atoms in total. The molecule has 0 saturated carbocycles. The van der Waals surface area contributed by atoms with Crippen LogP contribution in [0.3, 0.4) is 0 Å². The zero-order chi connectivity index (χ0) is 15.2. The second-order valence-electron chi connectivity index (χ2n) is 6.76. The molecule has 0 aliphatic carbocycles. The lowest BCUT2D eigenvalue weighted by atomic mass is 9.95. The fourth-order valence-electron chi connectivity index (χ4n) is 3.34. The zero-order valence-corrected chi connectivity index (χ0v) is 13.9. The van der Waals surface area contributed by atoms with E-state index in [-0.39, 0.29) is 6.10 Å². The maximum atomic E-state index is 10.6. The predicted molar refractivity (Wildman–Crippen MR) is 89.6 cm³/mol. The minimum atomic E-state index is -0.323. The van der Waals surface area contributed by atoms with Crippen molar-refractivity contribution in [2.45, 2.75) is 70.9 Å². The van der Waals surface area contributed by atoms with Crippen LogP contribution < -0.4 is 0 Å². The van der Waals surface area contributed by atoms with Crippen LogP contribution in [0, 0.1) is 0 Å². The normalized spacial score (nSPS) is 21.1. The second kappa shape index (κ2) is 7.95. The Morgan fingerprint density at radius 3 is 2.76 bits per heavy atom. The minimum absolute atomic E-state index is 0.323. The second-order valence-corrected chi connectivity index (χ2v) is 6.76. The van der Waals surface area contributed by atoms with E-state index >= 15 is 0 Å². The van der Waals surface area contributed by atoms with Crippen molar-refractivity contribution in [2.75, 3.05) is 13.1 Å². The first-order chi connectivity index (χ1) is 10.1. The number of hydrogen-bond donors (Lipinski definition) is 1. The van der Waals surface area contributed by atoms with Crippen LogP contribution >= 0.6 is 0 Å². The van der Waals surface area contributed by atoms with Gasteiger partial charge in [0.25, 0.3) is 0 Å². The highest BCUT2D eigenvalue weighted by molar-refractivity contribution is 5.27.